The van der Waals surface area contributed by atoms with Crippen molar-refractivity contribution in [3.05, 3.63) is 18.2 Å². The third-order valence-corrected chi connectivity index (χ3v) is 5.39. The number of ether oxygens (including phenoxy) is 1. The fraction of sp³-hybridized carbons (Fsp3) is 0.778. The summed E-state index contributed by atoms with van der Waals surface area (Å²) in [5, 5.41) is 13.4. The van der Waals surface area contributed by atoms with E-state index in [1.165, 1.54) is 12.8 Å². The van der Waals surface area contributed by atoms with Crippen LogP contribution in [-0.4, -0.2) is 88.4 Å². The van der Waals surface area contributed by atoms with Crippen molar-refractivity contribution in [2.45, 2.75) is 44.0 Å². The zero-order chi connectivity index (χ0) is 17.9. The van der Waals surface area contributed by atoms with Gasteiger partial charge in [-0.3, -0.25) is 14.6 Å². The van der Waals surface area contributed by atoms with Gasteiger partial charge < -0.3 is 19.7 Å². The van der Waals surface area contributed by atoms with Crippen molar-refractivity contribution in [2.24, 2.45) is 0 Å². The number of β-amino-alcohol motifs (C(OH)–C–C–N with tert-alkyl or cyclic N) is 1. The summed E-state index contributed by atoms with van der Waals surface area (Å²) in [6, 6.07) is 0.586. The highest BCUT2D eigenvalue weighted by Crippen LogP contribution is 2.35. The summed E-state index contributed by atoms with van der Waals surface area (Å²) in [5.41, 5.74) is 0. The molecule has 1 aromatic heterocycles. The summed E-state index contributed by atoms with van der Waals surface area (Å²) < 4.78 is 7.58. The quantitative estimate of drug-likeness (QED) is 0.716. The van der Waals surface area contributed by atoms with E-state index in [1.807, 2.05) is 6.20 Å². The number of rotatable bonds is 6. The SMILES string of the molecule is O=C(CN1CCOCC1)N[C@H]1C[C@@H](O)CN(Cc2nccn2C2CC2)C1. The molecular weight excluding hydrogens is 334 g/mol. The minimum atomic E-state index is -0.415. The van der Waals surface area contributed by atoms with Crippen LogP contribution in [0.25, 0.3) is 0 Å². The number of nitrogens with one attached hydrogen (secondary N) is 1. The minimum absolute atomic E-state index is 0.0170. The van der Waals surface area contributed by atoms with Crippen molar-refractivity contribution in [3.63, 3.8) is 0 Å². The summed E-state index contributed by atoms with van der Waals surface area (Å²) in [6.45, 7) is 5.50. The normalized spacial score (nSPS) is 28.2. The number of carbonyl (C=O) groups excluding carboxylic acids is 1. The first kappa shape index (κ1) is 17.9. The summed E-state index contributed by atoms with van der Waals surface area (Å²) >= 11 is 0. The third kappa shape index (κ3) is 4.62. The molecule has 0 aromatic carbocycles. The molecule has 1 aliphatic carbocycles. The number of morpholine rings is 1. The maximum Gasteiger partial charge on any atom is 0.234 e. The Hall–Kier alpha value is -1.48. The Kier molecular flexibility index (Phi) is 5.54. The van der Waals surface area contributed by atoms with E-state index in [0.29, 0.717) is 38.8 Å². The van der Waals surface area contributed by atoms with Crippen LogP contribution in [0.3, 0.4) is 0 Å². The van der Waals surface area contributed by atoms with Gasteiger partial charge in [0.1, 0.15) is 5.82 Å². The second-order valence-corrected chi connectivity index (χ2v) is 7.72. The van der Waals surface area contributed by atoms with Crippen LogP contribution in [0, 0.1) is 0 Å². The van der Waals surface area contributed by atoms with Crippen molar-refractivity contribution in [1.29, 1.82) is 0 Å². The maximum absolute atomic E-state index is 12.4. The average molecular weight is 363 g/mol. The highest BCUT2D eigenvalue weighted by atomic mass is 16.5. The van der Waals surface area contributed by atoms with E-state index in [1.54, 1.807) is 0 Å². The molecule has 26 heavy (non-hydrogen) atoms. The number of amides is 1. The Morgan fingerprint density at radius 2 is 2.08 bits per heavy atom. The van der Waals surface area contributed by atoms with E-state index >= 15 is 0 Å². The molecule has 144 valence electrons. The van der Waals surface area contributed by atoms with E-state index in [4.69, 9.17) is 4.74 Å². The van der Waals surface area contributed by atoms with Gasteiger partial charge in [0.05, 0.1) is 32.4 Å². The lowest BCUT2D eigenvalue weighted by molar-refractivity contribution is -0.124. The highest BCUT2D eigenvalue weighted by Gasteiger charge is 2.30. The van der Waals surface area contributed by atoms with Crippen LogP contribution >= 0.6 is 0 Å². The molecule has 3 heterocycles. The van der Waals surface area contributed by atoms with Crippen molar-refractivity contribution >= 4 is 5.91 Å². The van der Waals surface area contributed by atoms with Crippen LogP contribution in [-0.2, 0) is 16.1 Å². The lowest BCUT2D eigenvalue weighted by Crippen LogP contribution is -2.54. The second kappa shape index (κ2) is 8.04. The van der Waals surface area contributed by atoms with Gasteiger partial charge in [0.15, 0.2) is 0 Å². The molecule has 1 aromatic rings. The van der Waals surface area contributed by atoms with Crippen LogP contribution < -0.4 is 5.32 Å². The van der Waals surface area contributed by atoms with E-state index in [2.05, 4.69) is 30.9 Å². The summed E-state index contributed by atoms with van der Waals surface area (Å²) in [4.78, 5) is 21.2. The Balaban J connectivity index is 1.29. The number of likely N-dealkylation sites (tertiary alicyclic amines) is 1. The molecule has 0 unspecified atom stereocenters. The third-order valence-electron chi connectivity index (χ3n) is 5.39. The molecule has 2 atom stereocenters. The predicted molar refractivity (Wildman–Crippen MR) is 95.6 cm³/mol. The van der Waals surface area contributed by atoms with Gasteiger partial charge in [0.25, 0.3) is 0 Å². The van der Waals surface area contributed by atoms with Crippen molar-refractivity contribution < 1.29 is 14.6 Å². The van der Waals surface area contributed by atoms with Crippen molar-refractivity contribution in [1.82, 2.24) is 24.7 Å². The van der Waals surface area contributed by atoms with Crippen LogP contribution in [0.1, 0.15) is 31.1 Å². The van der Waals surface area contributed by atoms with E-state index in [-0.39, 0.29) is 11.9 Å². The van der Waals surface area contributed by atoms with Gasteiger partial charge in [-0.05, 0) is 19.3 Å². The van der Waals surface area contributed by atoms with Gasteiger partial charge in [-0.25, -0.2) is 4.98 Å². The highest BCUT2D eigenvalue weighted by molar-refractivity contribution is 5.78. The lowest BCUT2D eigenvalue weighted by Gasteiger charge is -2.36. The molecule has 2 N–H and O–H groups in total. The predicted octanol–water partition coefficient (Wildman–Crippen LogP) is -0.398. The topological polar surface area (TPSA) is 82.9 Å². The van der Waals surface area contributed by atoms with Gasteiger partial charge >= 0.3 is 0 Å². The number of piperidine rings is 1. The summed E-state index contributed by atoms with van der Waals surface area (Å²) in [7, 11) is 0. The molecule has 1 amide bonds. The number of imidazole rings is 1. The molecule has 8 nitrogen and oxygen atoms in total. The lowest BCUT2D eigenvalue weighted by atomic mass is 10.0. The van der Waals surface area contributed by atoms with Crippen LogP contribution in [0.5, 0.6) is 0 Å². The number of hydrogen-bond donors (Lipinski definition) is 2. The van der Waals surface area contributed by atoms with E-state index in [9.17, 15) is 9.90 Å². The van der Waals surface area contributed by atoms with Crippen molar-refractivity contribution in [3.8, 4) is 0 Å². The first-order chi connectivity index (χ1) is 12.7. The number of aliphatic hydroxyl groups is 1. The molecule has 8 heteroatoms. The molecule has 0 spiro atoms. The Morgan fingerprint density at radius 1 is 1.27 bits per heavy atom. The van der Waals surface area contributed by atoms with Gasteiger partial charge in [0.2, 0.25) is 5.91 Å². The molecule has 3 aliphatic rings. The molecule has 0 radical (unpaired) electrons. The standard InChI is InChI=1S/C18H29N5O3/c24-16-9-14(20-18(25)13-21-5-7-26-8-6-21)10-22(11-16)12-17-19-3-4-23(17)15-1-2-15/h3-4,14-16,24H,1-2,5-13H2,(H,20,25)/t14-,16+/m0/s1. The maximum atomic E-state index is 12.4. The number of nitrogens with zero attached hydrogens (tertiary/aromatic N) is 4. The molecular formula is C18H29N5O3. The number of hydrogen-bond acceptors (Lipinski definition) is 6. The number of aromatic nitrogens is 2. The molecule has 3 fully saturated rings. The van der Waals surface area contributed by atoms with Gasteiger partial charge in [-0.1, -0.05) is 0 Å². The van der Waals surface area contributed by atoms with Gasteiger partial charge in [0, 0.05) is 50.7 Å². The minimum Gasteiger partial charge on any atom is -0.392 e. The monoisotopic (exact) mass is 363 g/mol. The van der Waals surface area contributed by atoms with E-state index in [0.717, 1.165) is 32.0 Å². The number of aliphatic hydroxyl groups excluding tert-OH is 1. The zero-order valence-electron chi connectivity index (χ0n) is 15.2. The molecule has 2 saturated heterocycles. The molecule has 2 aliphatic heterocycles. The van der Waals surface area contributed by atoms with Crippen LogP contribution in [0.4, 0.5) is 0 Å². The largest absolute Gasteiger partial charge is 0.392 e. The average Bonchev–Trinajstić information content (AvgIpc) is 3.35. The first-order valence-electron chi connectivity index (χ1n) is 9.69. The zero-order valence-corrected chi connectivity index (χ0v) is 15.2. The fourth-order valence-corrected chi connectivity index (χ4v) is 3.98. The van der Waals surface area contributed by atoms with Gasteiger partial charge in [-0.2, -0.15) is 0 Å². The van der Waals surface area contributed by atoms with E-state index < -0.39 is 6.10 Å². The fourth-order valence-electron chi connectivity index (χ4n) is 3.98. The number of carbonyl (C=O) groups is 1. The molecule has 0 bridgehead atoms. The summed E-state index contributed by atoms with van der Waals surface area (Å²) in [6.07, 6.45) is 6.56. The molecule has 1 saturated carbocycles. The van der Waals surface area contributed by atoms with Crippen LogP contribution in [0.15, 0.2) is 12.4 Å². The Labute approximate surface area is 154 Å². The summed E-state index contributed by atoms with van der Waals surface area (Å²) in [5.74, 6) is 1.09. The molecule has 4 rings (SSSR count). The Morgan fingerprint density at radius 3 is 2.85 bits per heavy atom. The Bertz CT molecular complexity index is 612. The van der Waals surface area contributed by atoms with Crippen LogP contribution in [0.2, 0.25) is 0 Å². The smallest absolute Gasteiger partial charge is 0.234 e. The first-order valence-corrected chi connectivity index (χ1v) is 9.69. The second-order valence-electron chi connectivity index (χ2n) is 7.72. The van der Waals surface area contributed by atoms with Gasteiger partial charge in [-0.15, -0.1) is 0 Å². The van der Waals surface area contributed by atoms with Crippen molar-refractivity contribution in [2.75, 3.05) is 45.9 Å².